The van der Waals surface area contributed by atoms with Crippen LogP contribution in [0.5, 0.6) is 0 Å². The van der Waals surface area contributed by atoms with E-state index in [1.807, 2.05) is 0 Å². The molecular weight excluding hydrogens is 626 g/mol. The summed E-state index contributed by atoms with van der Waals surface area (Å²) < 4.78 is 15.1. The Balaban J connectivity index is 1.67. The number of aliphatic imine (C=N–C) groups is 2. The highest BCUT2D eigenvalue weighted by molar-refractivity contribution is 8.04. The van der Waals surface area contributed by atoms with Gasteiger partial charge in [-0.3, -0.25) is 24.4 Å². The maximum atomic E-state index is 14.4. The monoisotopic (exact) mass is 644 g/mol. The zero-order valence-electron chi connectivity index (χ0n) is 20.4. The molecule has 0 spiro atoms. The number of hydrogen-bond donors (Lipinski definition) is 4. The summed E-state index contributed by atoms with van der Waals surface area (Å²) in [5.41, 5.74) is 1.27. The van der Waals surface area contributed by atoms with Gasteiger partial charge in [0.25, 0.3) is 0 Å². The van der Waals surface area contributed by atoms with Crippen LogP contribution < -0.4 is 10.6 Å². The second-order valence-corrected chi connectivity index (χ2v) is 12.0. The molecule has 3 aromatic rings. The van der Waals surface area contributed by atoms with Crippen molar-refractivity contribution in [3.05, 3.63) is 51.8 Å². The number of hydrogen-bond acceptors (Lipinski definition) is 10. The molecule has 1 aromatic heterocycles. The third-order valence-corrected chi connectivity index (χ3v) is 8.83. The van der Waals surface area contributed by atoms with E-state index in [4.69, 9.17) is 28.3 Å². The zero-order valence-corrected chi connectivity index (χ0v) is 24.3. The summed E-state index contributed by atoms with van der Waals surface area (Å²) in [7, 11) is 1.49. The van der Waals surface area contributed by atoms with Crippen molar-refractivity contribution < 1.29 is 29.0 Å². The van der Waals surface area contributed by atoms with E-state index in [2.05, 4.69) is 37.5 Å². The number of thioether (sulfide) groups is 2. The molecule has 40 heavy (non-hydrogen) atoms. The summed E-state index contributed by atoms with van der Waals surface area (Å²) in [5.74, 6) is -3.37. The average molecular weight is 646 g/mol. The van der Waals surface area contributed by atoms with E-state index in [0.29, 0.717) is 21.3 Å². The molecule has 0 saturated heterocycles. The normalized spacial score (nSPS) is 12.1. The van der Waals surface area contributed by atoms with Crippen molar-refractivity contribution in [2.75, 3.05) is 23.4 Å². The van der Waals surface area contributed by atoms with E-state index in [0.717, 1.165) is 40.9 Å². The minimum absolute atomic E-state index is 0.0306. The lowest BCUT2D eigenvalue weighted by Crippen LogP contribution is -2.20. The number of benzene rings is 2. The average Bonchev–Trinajstić information content (AvgIpc) is 3.35. The maximum Gasteiger partial charge on any atom is 0.317 e. The number of aliphatic carboxylic acids is 2. The summed E-state index contributed by atoms with van der Waals surface area (Å²) in [6, 6.07) is 7.19. The first-order valence-corrected chi connectivity index (χ1v) is 14.3. The number of anilines is 2. The van der Waals surface area contributed by atoms with E-state index in [-0.39, 0.29) is 37.6 Å². The van der Waals surface area contributed by atoms with E-state index >= 15 is 0 Å². The van der Waals surface area contributed by atoms with Crippen LogP contribution in [0, 0.1) is 5.82 Å². The molecule has 1 unspecified atom stereocenters. The molecule has 3 rings (SSSR count). The number of carboxylic acids is 2. The minimum Gasteiger partial charge on any atom is -0.481 e. The zero-order chi connectivity index (χ0) is 29.4. The van der Waals surface area contributed by atoms with Crippen molar-refractivity contribution in [1.29, 1.82) is 0 Å². The highest BCUT2D eigenvalue weighted by Gasteiger charge is 2.24. The fourth-order valence-corrected chi connectivity index (χ4v) is 6.31. The van der Waals surface area contributed by atoms with Crippen molar-refractivity contribution in [3.8, 4) is 0 Å². The van der Waals surface area contributed by atoms with Crippen LogP contribution in [0.15, 0.2) is 49.0 Å². The molecule has 1 heterocycles. The van der Waals surface area contributed by atoms with E-state index in [1.54, 1.807) is 18.2 Å². The molecule has 2 aromatic carbocycles. The molecule has 0 aliphatic carbocycles. The molecule has 0 saturated carbocycles. The molecule has 11 nitrogen and oxygen atoms in total. The van der Waals surface area contributed by atoms with Crippen molar-refractivity contribution >= 4 is 106 Å². The topological polar surface area (TPSA) is 166 Å². The molecular formula is C23H19Cl2FN6O5S3. The molecule has 1 atom stereocenters. The van der Waals surface area contributed by atoms with Gasteiger partial charge >= 0.3 is 11.9 Å². The summed E-state index contributed by atoms with van der Waals surface area (Å²) in [5, 5.41) is 30.4. The summed E-state index contributed by atoms with van der Waals surface area (Å²) in [6.45, 7) is 3.54. The number of nitrogens with zero attached hydrogens (tertiary/aromatic N) is 4. The van der Waals surface area contributed by atoms with Crippen LogP contribution in [0.1, 0.15) is 12.0 Å². The van der Waals surface area contributed by atoms with Crippen molar-refractivity contribution in [3.63, 3.8) is 0 Å². The van der Waals surface area contributed by atoms with E-state index in [9.17, 15) is 23.9 Å². The first kappa shape index (κ1) is 31.3. The van der Waals surface area contributed by atoms with E-state index < -0.39 is 29.4 Å². The fraction of sp³-hybridized carbons (Fsp3) is 0.174. The molecule has 4 N–H and O–H groups in total. The Morgan fingerprint density at radius 2 is 1.82 bits per heavy atom. The highest BCUT2D eigenvalue weighted by atomic mass is 35.5. The number of carbonyl (C=O) groups excluding carboxylic acids is 1. The van der Waals surface area contributed by atoms with Crippen molar-refractivity contribution in [2.45, 2.75) is 20.4 Å². The van der Waals surface area contributed by atoms with Gasteiger partial charge < -0.3 is 20.8 Å². The highest BCUT2D eigenvalue weighted by Crippen LogP contribution is 2.33. The molecule has 1 amide bonds. The Morgan fingerprint density at radius 3 is 2.48 bits per heavy atom. The number of rotatable bonds is 12. The Bertz CT molecular complexity index is 1490. The molecule has 0 radical (unpaired) electrons. The number of carbonyl (C=O) groups is 3. The number of nitrogens with one attached hydrogen (secondary N) is 2. The Kier molecular flexibility index (Phi) is 11.3. The number of halogens is 3. The van der Waals surface area contributed by atoms with Crippen molar-refractivity contribution in [1.82, 2.24) is 10.2 Å². The molecule has 0 bridgehead atoms. The van der Waals surface area contributed by atoms with Gasteiger partial charge in [0.2, 0.25) is 5.91 Å². The number of aromatic nitrogens is 2. The maximum absolute atomic E-state index is 14.4. The van der Waals surface area contributed by atoms with Gasteiger partial charge in [-0.1, -0.05) is 58.1 Å². The quantitative estimate of drug-likeness (QED) is 0.0848. The van der Waals surface area contributed by atoms with Gasteiger partial charge in [-0.05, 0) is 37.0 Å². The van der Waals surface area contributed by atoms with Crippen LogP contribution in [0.25, 0.3) is 0 Å². The predicted octanol–water partition coefficient (Wildman–Crippen LogP) is 5.56. The summed E-state index contributed by atoms with van der Waals surface area (Å²) in [6.07, 6.45) is -0.574. The lowest BCUT2D eigenvalue weighted by atomic mass is 10.1. The Morgan fingerprint density at radius 1 is 1.12 bits per heavy atom. The molecule has 0 fully saturated rings. The van der Waals surface area contributed by atoms with Gasteiger partial charge in [0, 0.05) is 18.3 Å². The van der Waals surface area contributed by atoms with Crippen LogP contribution >= 0.6 is 58.1 Å². The Labute approximate surface area is 249 Å². The largest absolute Gasteiger partial charge is 0.481 e. The lowest BCUT2D eigenvalue weighted by Gasteiger charge is -2.15. The first-order valence-electron chi connectivity index (χ1n) is 10.9. The minimum atomic E-state index is -1.28. The summed E-state index contributed by atoms with van der Waals surface area (Å²) >= 11 is 14.8. The third kappa shape index (κ3) is 8.63. The lowest BCUT2D eigenvalue weighted by molar-refractivity contribution is -0.142. The fourth-order valence-electron chi connectivity index (χ4n) is 3.02. The van der Waals surface area contributed by atoms with Crippen LogP contribution in [0.3, 0.4) is 0 Å². The smallest absolute Gasteiger partial charge is 0.317 e. The standard InChI is InChI=1S/C23H19Cl2FN6O5S3/c1-27-15-4-3-10(5-11(15)20(28-2)30-16-7-13(25)12(24)6-14(16)26)29-18(33)9-38-22-31-32-23(40-22)39-17(21(36)37)8-19(34)35/h3-7,17H,1,8-9H2,2H3,(H,28,30)(H,29,33)(H,34,35)(H,36,37). The SMILES string of the molecule is C=Nc1ccc(NC(=O)CSc2nnc(SC(CC(=O)O)C(=O)O)s2)cc1C(=NC)Nc1cc(Cl)c(Cl)cc1F. The molecule has 0 aliphatic heterocycles. The molecule has 17 heteroatoms. The van der Waals surface area contributed by atoms with Crippen LogP contribution in [-0.4, -0.2) is 68.9 Å². The van der Waals surface area contributed by atoms with Crippen molar-refractivity contribution in [2.24, 2.45) is 9.98 Å². The van der Waals surface area contributed by atoms with Gasteiger partial charge in [-0.2, -0.15) is 0 Å². The summed E-state index contributed by atoms with van der Waals surface area (Å²) in [4.78, 5) is 42.9. The van der Waals surface area contributed by atoms with Gasteiger partial charge in [0.05, 0.1) is 33.6 Å². The molecule has 0 aliphatic rings. The number of amidine groups is 1. The number of carboxylic acid groups (broad SMARTS) is 2. The molecule has 210 valence electrons. The van der Waals surface area contributed by atoms with Crippen LogP contribution in [0.2, 0.25) is 10.0 Å². The second kappa shape index (κ2) is 14.4. The second-order valence-electron chi connectivity index (χ2n) is 7.55. The van der Waals surface area contributed by atoms with Crippen LogP contribution in [0.4, 0.5) is 21.5 Å². The van der Waals surface area contributed by atoms with Crippen LogP contribution in [-0.2, 0) is 14.4 Å². The predicted molar refractivity (Wildman–Crippen MR) is 157 cm³/mol. The van der Waals surface area contributed by atoms with Gasteiger partial charge in [0.1, 0.15) is 16.9 Å². The van der Waals surface area contributed by atoms with Gasteiger partial charge in [-0.25, -0.2) is 4.39 Å². The Hall–Kier alpha value is -3.24. The van der Waals surface area contributed by atoms with E-state index in [1.165, 1.54) is 13.1 Å². The number of amides is 1. The van der Waals surface area contributed by atoms with Gasteiger partial charge in [-0.15, -0.1) is 10.2 Å². The first-order chi connectivity index (χ1) is 19.0. The van der Waals surface area contributed by atoms with Gasteiger partial charge in [0.15, 0.2) is 8.68 Å². The third-order valence-electron chi connectivity index (χ3n) is 4.79.